The first-order valence-corrected chi connectivity index (χ1v) is 11.2. The Balaban J connectivity index is 1.74. The first kappa shape index (κ1) is 18.8. The van der Waals surface area contributed by atoms with Gasteiger partial charge in [-0.05, 0) is 99.2 Å². The van der Waals surface area contributed by atoms with Crippen molar-refractivity contribution in [1.82, 2.24) is 0 Å². The zero-order valence-corrected chi connectivity index (χ0v) is 17.7. The van der Waals surface area contributed by atoms with Crippen LogP contribution in [0.5, 0.6) is 0 Å². The molecule has 0 aliphatic heterocycles. The van der Waals surface area contributed by atoms with Gasteiger partial charge in [-0.1, -0.05) is 44.6 Å². The van der Waals surface area contributed by atoms with Gasteiger partial charge in [0.15, 0.2) is 0 Å². The lowest BCUT2D eigenvalue weighted by molar-refractivity contribution is -0.0522. The van der Waals surface area contributed by atoms with Gasteiger partial charge in [0.25, 0.3) is 0 Å². The number of aliphatic hydroxyl groups is 1. The Hall–Kier alpha value is -0.560. The Labute approximate surface area is 161 Å². The molecular weight excluding hydrogens is 316 g/mol. The van der Waals surface area contributed by atoms with Gasteiger partial charge in [0.05, 0.1) is 6.10 Å². The average molecular weight is 357 g/mol. The van der Waals surface area contributed by atoms with Crippen LogP contribution in [0.4, 0.5) is 0 Å². The standard InChI is InChI=1S/C25H40O/c1-15(2)18-9-10-24(5)11-12-25(6)14-19-17(4)13-21(26)22(19)16(3)7-8-20(25)23(18)24/h7,17-23,26H,1,8-14H2,2-6H3/b16-7-/t17-,18+,19-,20-,21+,22-,23-,24-,25+/m1/s1. The third-order valence-electron chi connectivity index (χ3n) is 9.64. The van der Waals surface area contributed by atoms with Crippen LogP contribution in [-0.4, -0.2) is 11.2 Å². The molecule has 9 atom stereocenters. The minimum atomic E-state index is -0.116. The quantitative estimate of drug-likeness (QED) is 0.540. The normalized spacial score (nSPS) is 55.8. The van der Waals surface area contributed by atoms with Crippen LogP contribution in [0.15, 0.2) is 23.8 Å². The third-order valence-corrected chi connectivity index (χ3v) is 9.64. The molecule has 0 heterocycles. The van der Waals surface area contributed by atoms with Gasteiger partial charge >= 0.3 is 0 Å². The molecule has 146 valence electrons. The SMILES string of the molecule is C=C(C)[C@@H]1CC[C@]2(C)CC[C@@]3(C)C[C@H]4[C@@H](/C(C)=C\C[C@@H]3[C@@H]12)[C@@H](O)C[C@H]4C. The summed E-state index contributed by atoms with van der Waals surface area (Å²) >= 11 is 0. The van der Waals surface area contributed by atoms with E-state index < -0.39 is 0 Å². The summed E-state index contributed by atoms with van der Waals surface area (Å²) in [5.74, 6) is 4.05. The molecule has 1 N–H and O–H groups in total. The van der Waals surface area contributed by atoms with E-state index in [-0.39, 0.29) is 6.10 Å². The van der Waals surface area contributed by atoms with E-state index >= 15 is 0 Å². The van der Waals surface area contributed by atoms with Gasteiger partial charge in [0.2, 0.25) is 0 Å². The van der Waals surface area contributed by atoms with Crippen molar-refractivity contribution in [2.24, 2.45) is 46.3 Å². The van der Waals surface area contributed by atoms with Crippen molar-refractivity contribution in [1.29, 1.82) is 0 Å². The van der Waals surface area contributed by atoms with Gasteiger partial charge < -0.3 is 5.11 Å². The number of hydrogen-bond donors (Lipinski definition) is 1. The highest BCUT2D eigenvalue weighted by atomic mass is 16.3. The summed E-state index contributed by atoms with van der Waals surface area (Å²) in [4.78, 5) is 0. The zero-order valence-electron chi connectivity index (χ0n) is 17.7. The van der Waals surface area contributed by atoms with Crippen LogP contribution in [0.25, 0.3) is 0 Å². The molecule has 0 aromatic carbocycles. The first-order valence-electron chi connectivity index (χ1n) is 11.2. The number of rotatable bonds is 1. The van der Waals surface area contributed by atoms with Crippen molar-refractivity contribution in [3.63, 3.8) is 0 Å². The van der Waals surface area contributed by atoms with Gasteiger partial charge in [-0.25, -0.2) is 0 Å². The fraction of sp³-hybridized carbons (Fsp3) is 0.840. The lowest BCUT2D eigenvalue weighted by Crippen LogP contribution is -2.48. The molecule has 4 rings (SSSR count). The maximum absolute atomic E-state index is 10.7. The maximum atomic E-state index is 10.7. The van der Waals surface area contributed by atoms with E-state index in [1.54, 1.807) is 0 Å². The Morgan fingerprint density at radius 2 is 1.88 bits per heavy atom. The Morgan fingerprint density at radius 1 is 1.19 bits per heavy atom. The van der Waals surface area contributed by atoms with Gasteiger partial charge in [-0.3, -0.25) is 0 Å². The van der Waals surface area contributed by atoms with Crippen LogP contribution in [0.1, 0.15) is 79.6 Å². The number of allylic oxidation sites excluding steroid dienone is 2. The van der Waals surface area contributed by atoms with Crippen molar-refractivity contribution in [2.45, 2.75) is 85.7 Å². The summed E-state index contributed by atoms with van der Waals surface area (Å²) in [7, 11) is 0. The van der Waals surface area contributed by atoms with E-state index in [2.05, 4.69) is 47.3 Å². The Bertz CT molecular complexity index is 618. The second kappa shape index (κ2) is 6.23. The van der Waals surface area contributed by atoms with E-state index in [0.717, 1.165) is 24.2 Å². The molecule has 0 bridgehead atoms. The fourth-order valence-corrected chi connectivity index (χ4v) is 8.10. The van der Waals surface area contributed by atoms with E-state index in [0.29, 0.717) is 28.6 Å². The highest BCUT2D eigenvalue weighted by Gasteiger charge is 2.58. The predicted molar refractivity (Wildman–Crippen MR) is 110 cm³/mol. The summed E-state index contributed by atoms with van der Waals surface area (Å²) in [6, 6.07) is 0. The van der Waals surface area contributed by atoms with Crippen molar-refractivity contribution >= 4 is 0 Å². The minimum absolute atomic E-state index is 0.116. The smallest absolute Gasteiger partial charge is 0.0610 e. The molecule has 0 spiro atoms. The van der Waals surface area contributed by atoms with Crippen LogP contribution < -0.4 is 0 Å². The molecule has 4 aliphatic rings. The summed E-state index contributed by atoms with van der Waals surface area (Å²) < 4.78 is 0. The first-order chi connectivity index (χ1) is 12.2. The van der Waals surface area contributed by atoms with Gasteiger partial charge in [0, 0.05) is 5.92 Å². The van der Waals surface area contributed by atoms with E-state index in [1.165, 1.54) is 49.7 Å². The van der Waals surface area contributed by atoms with E-state index in [9.17, 15) is 5.11 Å². The molecule has 0 radical (unpaired) electrons. The molecule has 0 saturated heterocycles. The van der Waals surface area contributed by atoms with Crippen LogP contribution in [0, 0.1) is 46.3 Å². The molecule has 1 heteroatoms. The topological polar surface area (TPSA) is 20.2 Å². The lowest BCUT2D eigenvalue weighted by atomic mass is 9.49. The molecule has 1 nitrogen and oxygen atoms in total. The molecule has 4 aliphatic carbocycles. The second-order valence-corrected chi connectivity index (χ2v) is 11.3. The lowest BCUT2D eigenvalue weighted by Gasteiger charge is -2.56. The zero-order chi connectivity index (χ0) is 18.9. The van der Waals surface area contributed by atoms with Crippen molar-refractivity contribution < 1.29 is 5.11 Å². The average Bonchev–Trinajstić information content (AvgIpc) is 3.03. The highest BCUT2D eigenvalue weighted by Crippen LogP contribution is 2.66. The van der Waals surface area contributed by atoms with E-state index in [4.69, 9.17) is 0 Å². The van der Waals surface area contributed by atoms with Crippen LogP contribution in [0.2, 0.25) is 0 Å². The van der Waals surface area contributed by atoms with Crippen molar-refractivity contribution in [3.05, 3.63) is 23.8 Å². The molecule has 3 saturated carbocycles. The molecule has 0 aromatic rings. The summed E-state index contributed by atoms with van der Waals surface area (Å²) in [6.45, 7) is 16.6. The van der Waals surface area contributed by atoms with Gasteiger partial charge in [-0.15, -0.1) is 0 Å². The molecule has 0 aromatic heterocycles. The monoisotopic (exact) mass is 356 g/mol. The van der Waals surface area contributed by atoms with Crippen LogP contribution >= 0.6 is 0 Å². The number of aliphatic hydroxyl groups excluding tert-OH is 1. The molecule has 0 unspecified atom stereocenters. The molecule has 26 heavy (non-hydrogen) atoms. The molecule has 0 amide bonds. The third kappa shape index (κ3) is 2.67. The predicted octanol–water partition coefficient (Wildman–Crippen LogP) is 6.38. The minimum Gasteiger partial charge on any atom is -0.392 e. The van der Waals surface area contributed by atoms with Crippen LogP contribution in [0.3, 0.4) is 0 Å². The highest BCUT2D eigenvalue weighted by molar-refractivity contribution is 5.19. The number of hydrogen-bond acceptors (Lipinski definition) is 1. The van der Waals surface area contributed by atoms with Crippen molar-refractivity contribution in [3.8, 4) is 0 Å². The van der Waals surface area contributed by atoms with Gasteiger partial charge in [0.1, 0.15) is 0 Å². The largest absolute Gasteiger partial charge is 0.392 e. The second-order valence-electron chi connectivity index (χ2n) is 11.3. The fourth-order valence-electron chi connectivity index (χ4n) is 8.10. The molecular formula is C25H40O. The maximum Gasteiger partial charge on any atom is 0.0610 e. The Kier molecular flexibility index (Phi) is 4.50. The van der Waals surface area contributed by atoms with Gasteiger partial charge in [-0.2, -0.15) is 0 Å². The molecule has 3 fully saturated rings. The van der Waals surface area contributed by atoms with E-state index in [1.807, 2.05) is 0 Å². The summed E-state index contributed by atoms with van der Waals surface area (Å²) in [5, 5.41) is 10.7. The van der Waals surface area contributed by atoms with Crippen molar-refractivity contribution in [2.75, 3.05) is 0 Å². The number of fused-ring (bicyclic) bond motifs is 4. The summed E-state index contributed by atoms with van der Waals surface area (Å²) in [6.07, 6.45) is 11.5. The summed E-state index contributed by atoms with van der Waals surface area (Å²) in [5.41, 5.74) is 3.86. The Morgan fingerprint density at radius 3 is 2.58 bits per heavy atom. The van der Waals surface area contributed by atoms with Crippen LogP contribution in [-0.2, 0) is 0 Å².